The zero-order valence-corrected chi connectivity index (χ0v) is 13.2. The summed E-state index contributed by atoms with van der Waals surface area (Å²) in [6.45, 7) is 4.10. The van der Waals surface area contributed by atoms with E-state index in [2.05, 4.69) is 21.8 Å². The van der Waals surface area contributed by atoms with E-state index in [9.17, 15) is 15.0 Å². The molecule has 0 saturated carbocycles. The largest absolute Gasteiger partial charge is 0.504 e. The molecule has 1 aromatic carbocycles. The van der Waals surface area contributed by atoms with Gasteiger partial charge in [0, 0.05) is 31.6 Å². The number of aromatic hydroxyl groups is 2. The molecule has 23 heavy (non-hydrogen) atoms. The lowest BCUT2D eigenvalue weighted by molar-refractivity contribution is 0.239. The Kier molecular flexibility index (Phi) is 4.34. The summed E-state index contributed by atoms with van der Waals surface area (Å²) in [6.07, 6.45) is 2.39. The van der Waals surface area contributed by atoms with Crippen molar-refractivity contribution in [1.82, 2.24) is 14.9 Å². The van der Waals surface area contributed by atoms with Crippen LogP contribution in [0.2, 0.25) is 0 Å². The van der Waals surface area contributed by atoms with Crippen molar-refractivity contribution in [3.05, 3.63) is 51.2 Å². The molecule has 2 heterocycles. The van der Waals surface area contributed by atoms with Gasteiger partial charge in [-0.2, -0.15) is 0 Å². The highest BCUT2D eigenvalue weighted by molar-refractivity contribution is 5.40. The maximum absolute atomic E-state index is 12.1. The summed E-state index contributed by atoms with van der Waals surface area (Å²) in [7, 11) is 0. The minimum Gasteiger partial charge on any atom is -0.504 e. The smallest absolute Gasteiger partial charge is 0.254 e. The lowest BCUT2D eigenvalue weighted by Crippen LogP contribution is -2.35. The van der Waals surface area contributed by atoms with E-state index in [1.54, 1.807) is 12.1 Å². The number of benzene rings is 1. The molecule has 122 valence electrons. The molecule has 0 aliphatic carbocycles. The van der Waals surface area contributed by atoms with Gasteiger partial charge in [0.1, 0.15) is 5.82 Å². The molecule has 3 rings (SSSR count). The molecule has 0 amide bonds. The third-order valence-electron chi connectivity index (χ3n) is 4.13. The Bertz CT molecular complexity index is 770. The minimum absolute atomic E-state index is 0.0135. The molecule has 0 unspecified atom stereocenters. The van der Waals surface area contributed by atoms with Crippen LogP contribution in [0.25, 0.3) is 0 Å². The zero-order chi connectivity index (χ0) is 16.4. The molecule has 1 aromatic heterocycles. The molecule has 3 N–H and O–H groups in total. The van der Waals surface area contributed by atoms with Crippen LogP contribution in [-0.4, -0.2) is 31.6 Å². The van der Waals surface area contributed by atoms with E-state index in [0.29, 0.717) is 19.5 Å². The molecule has 0 bridgehead atoms. The van der Waals surface area contributed by atoms with Crippen LogP contribution in [0, 0.1) is 0 Å². The van der Waals surface area contributed by atoms with Crippen LogP contribution in [-0.2, 0) is 25.9 Å². The quantitative estimate of drug-likeness (QED) is 0.747. The Morgan fingerprint density at radius 3 is 2.87 bits per heavy atom. The minimum atomic E-state index is -0.116. The maximum Gasteiger partial charge on any atom is 0.254 e. The van der Waals surface area contributed by atoms with Gasteiger partial charge < -0.3 is 15.2 Å². The van der Waals surface area contributed by atoms with Crippen molar-refractivity contribution < 1.29 is 10.2 Å². The second kappa shape index (κ2) is 6.42. The fourth-order valence-corrected chi connectivity index (χ4v) is 2.96. The Morgan fingerprint density at radius 2 is 2.13 bits per heavy atom. The van der Waals surface area contributed by atoms with E-state index < -0.39 is 0 Å². The Hall–Kier alpha value is -2.34. The Labute approximate surface area is 134 Å². The molecule has 0 atom stereocenters. The number of aryl methyl sites for hydroxylation is 1. The van der Waals surface area contributed by atoms with E-state index in [-0.39, 0.29) is 17.1 Å². The summed E-state index contributed by atoms with van der Waals surface area (Å²) in [5.41, 5.74) is 2.55. The number of fused-ring (bicyclic) bond motifs is 1. The molecule has 0 spiro atoms. The van der Waals surface area contributed by atoms with Crippen molar-refractivity contribution in [3.8, 4) is 11.5 Å². The molecule has 0 radical (unpaired) electrons. The number of rotatable bonds is 4. The number of nitrogens with one attached hydrogen (secondary N) is 1. The molecule has 1 aliphatic rings. The van der Waals surface area contributed by atoms with Crippen LogP contribution < -0.4 is 5.56 Å². The fourth-order valence-electron chi connectivity index (χ4n) is 2.96. The summed E-state index contributed by atoms with van der Waals surface area (Å²) < 4.78 is 0. The number of hydrogen-bond donors (Lipinski definition) is 3. The number of phenolic OH excluding ortho intramolecular Hbond substituents is 2. The topological polar surface area (TPSA) is 89.5 Å². The van der Waals surface area contributed by atoms with Gasteiger partial charge in [-0.25, -0.2) is 4.98 Å². The third kappa shape index (κ3) is 3.37. The molecule has 6 nitrogen and oxygen atoms in total. The highest BCUT2D eigenvalue weighted by Crippen LogP contribution is 2.26. The number of aromatic amines is 1. The van der Waals surface area contributed by atoms with E-state index in [1.165, 1.54) is 6.07 Å². The highest BCUT2D eigenvalue weighted by atomic mass is 16.3. The summed E-state index contributed by atoms with van der Waals surface area (Å²) in [5.74, 6) is 0.523. The molecular formula is C17H21N3O3. The van der Waals surface area contributed by atoms with Crippen LogP contribution in [0.3, 0.4) is 0 Å². The molecule has 0 fully saturated rings. The number of phenols is 2. The summed E-state index contributed by atoms with van der Waals surface area (Å²) in [6, 6.07) is 4.85. The number of nitrogens with zero attached hydrogens (tertiary/aromatic N) is 2. The third-order valence-corrected chi connectivity index (χ3v) is 4.13. The summed E-state index contributed by atoms with van der Waals surface area (Å²) in [5, 5.41) is 19.0. The molecule has 6 heteroatoms. The number of aromatic nitrogens is 2. The maximum atomic E-state index is 12.1. The van der Waals surface area contributed by atoms with Crippen molar-refractivity contribution in [2.45, 2.75) is 39.3 Å². The van der Waals surface area contributed by atoms with Gasteiger partial charge in [0.2, 0.25) is 0 Å². The lowest BCUT2D eigenvalue weighted by Gasteiger charge is -2.27. The highest BCUT2D eigenvalue weighted by Gasteiger charge is 2.21. The second-order valence-electron chi connectivity index (χ2n) is 5.97. The first-order valence-corrected chi connectivity index (χ1v) is 7.91. The predicted octanol–water partition coefficient (Wildman–Crippen LogP) is 1.69. The first-order valence-electron chi connectivity index (χ1n) is 7.91. The number of H-pyrrole nitrogens is 1. The standard InChI is InChI=1S/C17H21N3O3/c1-2-3-16-18-13-10-20(7-6-12(13)17(23)19-16)9-11-4-5-14(21)15(22)8-11/h4-5,8,21-22H,2-3,6-7,9-10H2,1H3,(H,18,19,23). The predicted molar refractivity (Wildman–Crippen MR) is 86.4 cm³/mol. The van der Waals surface area contributed by atoms with Crippen LogP contribution >= 0.6 is 0 Å². The Balaban J connectivity index is 1.79. The van der Waals surface area contributed by atoms with Crippen LogP contribution in [0.15, 0.2) is 23.0 Å². The van der Waals surface area contributed by atoms with Crippen molar-refractivity contribution in [2.24, 2.45) is 0 Å². The molecule has 1 aliphatic heterocycles. The van der Waals surface area contributed by atoms with Gasteiger partial charge in [-0.15, -0.1) is 0 Å². The molecular weight excluding hydrogens is 294 g/mol. The zero-order valence-electron chi connectivity index (χ0n) is 13.2. The van der Waals surface area contributed by atoms with E-state index >= 15 is 0 Å². The average molecular weight is 315 g/mol. The van der Waals surface area contributed by atoms with Crippen LogP contribution in [0.1, 0.15) is 36.0 Å². The average Bonchev–Trinajstić information content (AvgIpc) is 2.51. The van der Waals surface area contributed by atoms with Crippen molar-refractivity contribution in [3.63, 3.8) is 0 Å². The van der Waals surface area contributed by atoms with Crippen molar-refractivity contribution >= 4 is 0 Å². The monoisotopic (exact) mass is 315 g/mol. The Morgan fingerprint density at radius 1 is 1.30 bits per heavy atom. The van der Waals surface area contributed by atoms with Gasteiger partial charge in [-0.1, -0.05) is 13.0 Å². The summed E-state index contributed by atoms with van der Waals surface area (Å²) >= 11 is 0. The summed E-state index contributed by atoms with van der Waals surface area (Å²) in [4.78, 5) is 21.8. The first kappa shape index (κ1) is 15.6. The lowest BCUT2D eigenvalue weighted by atomic mass is 10.1. The van der Waals surface area contributed by atoms with E-state index in [4.69, 9.17) is 0 Å². The number of hydrogen-bond acceptors (Lipinski definition) is 5. The molecule has 2 aromatic rings. The van der Waals surface area contributed by atoms with Gasteiger partial charge in [0.05, 0.1) is 5.69 Å². The SMILES string of the molecule is CCCc1nc2c(c(=O)[nH]1)CCN(Cc1ccc(O)c(O)c1)C2. The van der Waals surface area contributed by atoms with Crippen LogP contribution in [0.4, 0.5) is 0 Å². The van der Waals surface area contributed by atoms with Crippen molar-refractivity contribution in [1.29, 1.82) is 0 Å². The van der Waals surface area contributed by atoms with Gasteiger partial charge in [0.15, 0.2) is 11.5 Å². The van der Waals surface area contributed by atoms with E-state index in [0.717, 1.165) is 42.0 Å². The van der Waals surface area contributed by atoms with Gasteiger partial charge in [-0.3, -0.25) is 9.69 Å². The van der Waals surface area contributed by atoms with Gasteiger partial charge in [0.25, 0.3) is 5.56 Å². The van der Waals surface area contributed by atoms with Crippen molar-refractivity contribution in [2.75, 3.05) is 6.54 Å². The first-order chi connectivity index (χ1) is 11.1. The van der Waals surface area contributed by atoms with Gasteiger partial charge >= 0.3 is 0 Å². The van der Waals surface area contributed by atoms with Crippen LogP contribution in [0.5, 0.6) is 11.5 Å². The normalized spacial score (nSPS) is 14.7. The van der Waals surface area contributed by atoms with E-state index in [1.807, 2.05) is 0 Å². The van der Waals surface area contributed by atoms with Gasteiger partial charge in [-0.05, 0) is 30.5 Å². The fraction of sp³-hybridized carbons (Fsp3) is 0.412. The molecule has 0 saturated heterocycles. The second-order valence-corrected chi connectivity index (χ2v) is 5.97.